The van der Waals surface area contributed by atoms with E-state index in [1.807, 2.05) is 11.8 Å². The number of rotatable bonds is 4. The Labute approximate surface area is 84.2 Å². The Morgan fingerprint density at radius 1 is 1.31 bits per heavy atom. The minimum atomic E-state index is 0.290. The van der Waals surface area contributed by atoms with Crippen LogP contribution in [0, 0.1) is 13.8 Å². The second-order valence-corrected chi connectivity index (χ2v) is 4.33. The van der Waals surface area contributed by atoms with Gasteiger partial charge in [-0.2, -0.15) is 0 Å². The lowest BCUT2D eigenvalue weighted by Gasteiger charge is -2.05. The zero-order chi connectivity index (χ0) is 9.68. The third-order valence-electron chi connectivity index (χ3n) is 1.90. The number of thioether (sulfide) groups is 1. The van der Waals surface area contributed by atoms with E-state index in [2.05, 4.69) is 32.0 Å². The molecule has 0 unspecified atom stereocenters. The van der Waals surface area contributed by atoms with Crippen molar-refractivity contribution in [1.29, 1.82) is 0 Å². The Morgan fingerprint density at radius 3 is 2.77 bits per heavy atom. The summed E-state index contributed by atoms with van der Waals surface area (Å²) in [6, 6.07) is 6.49. The van der Waals surface area contributed by atoms with Gasteiger partial charge < -0.3 is 5.11 Å². The van der Waals surface area contributed by atoms with Crippen LogP contribution in [0.1, 0.15) is 17.5 Å². The summed E-state index contributed by atoms with van der Waals surface area (Å²) >= 11 is 1.83. The van der Waals surface area contributed by atoms with Crippen molar-refractivity contribution in [2.45, 2.75) is 25.2 Å². The van der Waals surface area contributed by atoms with Gasteiger partial charge in [0.25, 0.3) is 0 Å². The molecule has 1 aromatic carbocycles. The number of aryl methyl sites for hydroxylation is 2. The molecule has 72 valence electrons. The summed E-state index contributed by atoms with van der Waals surface area (Å²) in [5, 5.41) is 8.65. The van der Waals surface area contributed by atoms with Crippen molar-refractivity contribution in [2.75, 3.05) is 12.4 Å². The van der Waals surface area contributed by atoms with E-state index in [1.165, 1.54) is 16.0 Å². The summed E-state index contributed by atoms with van der Waals surface area (Å²) in [7, 11) is 0. The quantitative estimate of drug-likeness (QED) is 0.590. The topological polar surface area (TPSA) is 20.2 Å². The minimum Gasteiger partial charge on any atom is -0.396 e. The third-order valence-corrected chi connectivity index (χ3v) is 3.15. The lowest BCUT2D eigenvalue weighted by atomic mass is 10.2. The molecule has 13 heavy (non-hydrogen) atoms. The van der Waals surface area contributed by atoms with Crippen LogP contribution in [-0.4, -0.2) is 17.5 Å². The Balaban J connectivity index is 2.59. The van der Waals surface area contributed by atoms with E-state index in [4.69, 9.17) is 5.11 Å². The first kappa shape index (κ1) is 10.6. The average Bonchev–Trinajstić information content (AvgIpc) is 2.11. The van der Waals surface area contributed by atoms with Crippen LogP contribution >= 0.6 is 11.8 Å². The summed E-state index contributed by atoms with van der Waals surface area (Å²) in [4.78, 5) is 1.34. The fourth-order valence-corrected chi connectivity index (χ4v) is 2.17. The maximum absolute atomic E-state index is 8.65. The number of aliphatic hydroxyl groups excluding tert-OH is 1. The van der Waals surface area contributed by atoms with E-state index >= 15 is 0 Å². The first-order chi connectivity index (χ1) is 6.24. The lowest BCUT2D eigenvalue weighted by Crippen LogP contribution is -1.87. The molecule has 0 amide bonds. The van der Waals surface area contributed by atoms with Gasteiger partial charge in [-0.3, -0.25) is 0 Å². The van der Waals surface area contributed by atoms with Crippen molar-refractivity contribution in [1.82, 2.24) is 0 Å². The van der Waals surface area contributed by atoms with Crippen molar-refractivity contribution in [3.63, 3.8) is 0 Å². The summed E-state index contributed by atoms with van der Waals surface area (Å²) < 4.78 is 0. The summed E-state index contributed by atoms with van der Waals surface area (Å²) in [5.74, 6) is 1.00. The minimum absolute atomic E-state index is 0.290. The fraction of sp³-hybridized carbons (Fsp3) is 0.455. The predicted octanol–water partition coefficient (Wildman–Crippen LogP) is 2.78. The van der Waals surface area contributed by atoms with Crippen molar-refractivity contribution in [3.05, 3.63) is 29.3 Å². The van der Waals surface area contributed by atoms with Gasteiger partial charge in [0.1, 0.15) is 0 Å². The molecule has 0 aliphatic heterocycles. The van der Waals surface area contributed by atoms with Gasteiger partial charge in [0.2, 0.25) is 0 Å². The molecule has 0 heterocycles. The molecule has 1 aromatic rings. The van der Waals surface area contributed by atoms with Crippen molar-refractivity contribution < 1.29 is 5.11 Å². The van der Waals surface area contributed by atoms with Crippen LogP contribution in [0.3, 0.4) is 0 Å². The van der Waals surface area contributed by atoms with Crippen LogP contribution in [0.2, 0.25) is 0 Å². The summed E-state index contributed by atoms with van der Waals surface area (Å²) in [5.41, 5.74) is 2.63. The van der Waals surface area contributed by atoms with Gasteiger partial charge in [0.05, 0.1) is 0 Å². The summed E-state index contributed by atoms with van der Waals surface area (Å²) in [6.45, 7) is 4.52. The molecule has 0 fully saturated rings. The molecule has 0 radical (unpaired) electrons. The molecule has 0 aliphatic rings. The van der Waals surface area contributed by atoms with Gasteiger partial charge in [0, 0.05) is 17.3 Å². The first-order valence-electron chi connectivity index (χ1n) is 4.55. The molecule has 0 atom stereocenters. The van der Waals surface area contributed by atoms with Crippen LogP contribution in [0.15, 0.2) is 23.1 Å². The van der Waals surface area contributed by atoms with Gasteiger partial charge >= 0.3 is 0 Å². The third kappa shape index (κ3) is 3.41. The maximum atomic E-state index is 8.65. The van der Waals surface area contributed by atoms with Crippen LogP contribution in [0.25, 0.3) is 0 Å². The normalized spacial score (nSPS) is 10.4. The van der Waals surface area contributed by atoms with E-state index in [9.17, 15) is 0 Å². The Hall–Kier alpha value is -0.470. The highest BCUT2D eigenvalue weighted by Crippen LogP contribution is 2.23. The fourth-order valence-electron chi connectivity index (χ4n) is 1.11. The van der Waals surface area contributed by atoms with E-state index < -0.39 is 0 Å². The highest BCUT2D eigenvalue weighted by atomic mass is 32.2. The molecule has 0 saturated heterocycles. The second kappa shape index (κ2) is 5.30. The number of aliphatic hydroxyl groups is 1. The molecule has 0 saturated carbocycles. The van der Waals surface area contributed by atoms with Gasteiger partial charge in [-0.15, -0.1) is 11.8 Å². The zero-order valence-corrected chi connectivity index (χ0v) is 9.03. The van der Waals surface area contributed by atoms with Gasteiger partial charge in [-0.1, -0.05) is 17.7 Å². The smallest absolute Gasteiger partial charge is 0.0439 e. The number of hydrogen-bond acceptors (Lipinski definition) is 2. The lowest BCUT2D eigenvalue weighted by molar-refractivity contribution is 0.296. The number of benzene rings is 1. The molecule has 1 rings (SSSR count). The number of hydrogen-bond donors (Lipinski definition) is 1. The monoisotopic (exact) mass is 196 g/mol. The van der Waals surface area contributed by atoms with E-state index in [0.29, 0.717) is 0 Å². The maximum Gasteiger partial charge on any atom is 0.0439 e. The molecular formula is C11H16OS. The molecule has 0 aliphatic carbocycles. The van der Waals surface area contributed by atoms with E-state index in [1.54, 1.807) is 0 Å². The Bertz CT molecular complexity index is 271. The van der Waals surface area contributed by atoms with Crippen molar-refractivity contribution in [2.24, 2.45) is 0 Å². The molecule has 2 heteroatoms. The van der Waals surface area contributed by atoms with Crippen molar-refractivity contribution in [3.8, 4) is 0 Å². The highest BCUT2D eigenvalue weighted by molar-refractivity contribution is 7.99. The first-order valence-corrected chi connectivity index (χ1v) is 5.53. The largest absolute Gasteiger partial charge is 0.396 e. The molecule has 1 nitrogen and oxygen atoms in total. The molecule has 0 aromatic heterocycles. The van der Waals surface area contributed by atoms with E-state index in [-0.39, 0.29) is 6.61 Å². The molecular weight excluding hydrogens is 180 g/mol. The van der Waals surface area contributed by atoms with Crippen molar-refractivity contribution >= 4 is 11.8 Å². The molecule has 0 spiro atoms. The zero-order valence-electron chi connectivity index (χ0n) is 8.21. The SMILES string of the molecule is Cc1ccc(C)c(SCCCO)c1. The Morgan fingerprint density at radius 2 is 2.08 bits per heavy atom. The predicted molar refractivity (Wildman–Crippen MR) is 58.3 cm³/mol. The average molecular weight is 196 g/mol. The van der Waals surface area contributed by atoms with Gasteiger partial charge in [-0.25, -0.2) is 0 Å². The molecule has 0 bridgehead atoms. The highest BCUT2D eigenvalue weighted by Gasteiger charge is 1.98. The standard InChI is InChI=1S/C11H16OS/c1-9-4-5-10(2)11(8-9)13-7-3-6-12/h4-5,8,12H,3,6-7H2,1-2H3. The van der Waals surface area contributed by atoms with E-state index in [0.717, 1.165) is 12.2 Å². The van der Waals surface area contributed by atoms with Gasteiger partial charge in [0.15, 0.2) is 0 Å². The van der Waals surface area contributed by atoms with Crippen LogP contribution in [0.4, 0.5) is 0 Å². The Kier molecular flexibility index (Phi) is 4.33. The summed E-state index contributed by atoms with van der Waals surface area (Å²) in [6.07, 6.45) is 0.873. The molecule has 1 N–H and O–H groups in total. The van der Waals surface area contributed by atoms with Crippen LogP contribution in [-0.2, 0) is 0 Å². The van der Waals surface area contributed by atoms with Crippen LogP contribution in [0.5, 0.6) is 0 Å². The second-order valence-electron chi connectivity index (χ2n) is 3.19. The van der Waals surface area contributed by atoms with Gasteiger partial charge in [-0.05, 0) is 31.9 Å². The van der Waals surface area contributed by atoms with Crippen LogP contribution < -0.4 is 0 Å².